The molecule has 0 saturated carbocycles. The highest BCUT2D eigenvalue weighted by Crippen LogP contribution is 2.32. The Bertz CT molecular complexity index is 337. The highest BCUT2D eigenvalue weighted by Gasteiger charge is 2.08. The molecule has 0 radical (unpaired) electrons. The van der Waals surface area contributed by atoms with Crippen LogP contribution in [0.15, 0.2) is 28.7 Å². The van der Waals surface area contributed by atoms with Crippen LogP contribution in [0.1, 0.15) is 18.1 Å². The molecule has 0 nitrogen and oxygen atoms in total. The summed E-state index contributed by atoms with van der Waals surface area (Å²) in [6, 6.07) is 6.51. The third kappa shape index (κ3) is 1.29. The van der Waals surface area contributed by atoms with E-state index in [0.717, 1.165) is 5.75 Å². The first-order valence-corrected chi connectivity index (χ1v) is 5.15. The summed E-state index contributed by atoms with van der Waals surface area (Å²) in [5, 5.41) is 0. The summed E-state index contributed by atoms with van der Waals surface area (Å²) in [4.78, 5) is 1.43. The van der Waals surface area contributed by atoms with Crippen molar-refractivity contribution in [2.75, 3.05) is 5.75 Å². The topological polar surface area (TPSA) is 0 Å². The number of aryl methyl sites for hydroxylation is 1. The van der Waals surface area contributed by atoms with Gasteiger partial charge >= 0.3 is 0 Å². The SMILES string of the molecule is CC1=Cc2c(C)cccc2SC1. The smallest absolute Gasteiger partial charge is 0.0191 e. The van der Waals surface area contributed by atoms with Crippen LogP contribution in [0.3, 0.4) is 0 Å². The summed E-state index contributed by atoms with van der Waals surface area (Å²) in [7, 11) is 0. The van der Waals surface area contributed by atoms with Gasteiger partial charge in [0.15, 0.2) is 0 Å². The van der Waals surface area contributed by atoms with Gasteiger partial charge in [-0.2, -0.15) is 0 Å². The van der Waals surface area contributed by atoms with Gasteiger partial charge in [-0.3, -0.25) is 0 Å². The maximum absolute atomic E-state index is 2.31. The van der Waals surface area contributed by atoms with E-state index in [1.807, 2.05) is 11.8 Å². The Labute approximate surface area is 77.7 Å². The molecule has 12 heavy (non-hydrogen) atoms. The van der Waals surface area contributed by atoms with Crippen LogP contribution in [0.25, 0.3) is 6.08 Å². The van der Waals surface area contributed by atoms with Crippen molar-refractivity contribution in [1.29, 1.82) is 0 Å². The van der Waals surface area contributed by atoms with Gasteiger partial charge in [0, 0.05) is 10.6 Å². The third-order valence-electron chi connectivity index (χ3n) is 2.13. The molecule has 0 unspecified atom stereocenters. The molecule has 2 rings (SSSR count). The molecule has 0 bridgehead atoms. The quantitative estimate of drug-likeness (QED) is 0.583. The first kappa shape index (κ1) is 7.93. The van der Waals surface area contributed by atoms with Gasteiger partial charge in [-0.25, -0.2) is 0 Å². The van der Waals surface area contributed by atoms with Crippen molar-refractivity contribution in [2.24, 2.45) is 0 Å². The molecular weight excluding hydrogens is 164 g/mol. The second kappa shape index (κ2) is 2.98. The average molecular weight is 176 g/mol. The van der Waals surface area contributed by atoms with Crippen LogP contribution in [0.4, 0.5) is 0 Å². The summed E-state index contributed by atoms with van der Waals surface area (Å²) in [6.45, 7) is 4.37. The fourth-order valence-corrected chi connectivity index (χ4v) is 2.46. The van der Waals surface area contributed by atoms with Gasteiger partial charge in [0.05, 0.1) is 0 Å². The summed E-state index contributed by atoms with van der Waals surface area (Å²) < 4.78 is 0. The zero-order chi connectivity index (χ0) is 8.55. The van der Waals surface area contributed by atoms with Crippen LogP contribution in [-0.4, -0.2) is 5.75 Å². The molecule has 1 aliphatic rings. The molecule has 1 aromatic carbocycles. The van der Waals surface area contributed by atoms with Crippen molar-refractivity contribution >= 4 is 17.8 Å². The molecule has 0 atom stereocenters. The van der Waals surface area contributed by atoms with Crippen LogP contribution >= 0.6 is 11.8 Å². The number of benzene rings is 1. The summed E-state index contributed by atoms with van der Waals surface area (Å²) in [5.74, 6) is 1.15. The second-order valence-corrected chi connectivity index (χ2v) is 4.28. The molecule has 0 spiro atoms. The molecule has 0 aromatic heterocycles. The number of thioether (sulfide) groups is 1. The lowest BCUT2D eigenvalue weighted by molar-refractivity contribution is 1.28. The van der Waals surface area contributed by atoms with Gasteiger partial charge < -0.3 is 0 Å². The minimum Gasteiger partial charge on any atom is -0.121 e. The third-order valence-corrected chi connectivity index (χ3v) is 3.40. The monoisotopic (exact) mass is 176 g/mol. The molecular formula is C11H12S. The van der Waals surface area contributed by atoms with Gasteiger partial charge in [-0.15, -0.1) is 11.8 Å². The van der Waals surface area contributed by atoms with Crippen LogP contribution in [0.2, 0.25) is 0 Å². The maximum atomic E-state index is 2.31. The van der Waals surface area contributed by atoms with Crippen LogP contribution < -0.4 is 0 Å². The zero-order valence-electron chi connectivity index (χ0n) is 7.42. The van der Waals surface area contributed by atoms with Gasteiger partial charge in [0.1, 0.15) is 0 Å². The number of hydrogen-bond donors (Lipinski definition) is 0. The van der Waals surface area contributed by atoms with Gasteiger partial charge in [-0.05, 0) is 31.0 Å². The second-order valence-electron chi connectivity index (χ2n) is 3.27. The van der Waals surface area contributed by atoms with Crippen molar-refractivity contribution in [3.05, 3.63) is 34.9 Å². The van der Waals surface area contributed by atoms with Crippen molar-refractivity contribution in [3.8, 4) is 0 Å². The molecule has 0 fully saturated rings. The van der Waals surface area contributed by atoms with Crippen molar-refractivity contribution in [2.45, 2.75) is 18.7 Å². The Morgan fingerprint density at radius 2 is 2.08 bits per heavy atom. The minimum atomic E-state index is 1.15. The first-order chi connectivity index (χ1) is 5.77. The van der Waals surface area contributed by atoms with E-state index in [2.05, 4.69) is 38.1 Å². The van der Waals surface area contributed by atoms with E-state index in [1.165, 1.54) is 21.6 Å². The Balaban J connectivity index is 2.59. The molecule has 0 saturated heterocycles. The Kier molecular flexibility index (Phi) is 1.97. The van der Waals surface area contributed by atoms with E-state index in [9.17, 15) is 0 Å². The number of fused-ring (bicyclic) bond motifs is 1. The van der Waals surface area contributed by atoms with E-state index in [4.69, 9.17) is 0 Å². The predicted octanol–water partition coefficient (Wildman–Crippen LogP) is 3.50. The highest BCUT2D eigenvalue weighted by molar-refractivity contribution is 7.99. The fourth-order valence-electron chi connectivity index (χ4n) is 1.44. The van der Waals surface area contributed by atoms with E-state index < -0.39 is 0 Å². The van der Waals surface area contributed by atoms with Crippen molar-refractivity contribution in [3.63, 3.8) is 0 Å². The standard InChI is InChI=1S/C11H12S/c1-8-6-10-9(2)4-3-5-11(10)12-7-8/h3-6H,7H2,1-2H3. The van der Waals surface area contributed by atoms with E-state index >= 15 is 0 Å². The van der Waals surface area contributed by atoms with Gasteiger partial charge in [0.25, 0.3) is 0 Å². The fraction of sp³-hybridized carbons (Fsp3) is 0.273. The first-order valence-electron chi connectivity index (χ1n) is 4.17. The predicted molar refractivity (Wildman–Crippen MR) is 55.6 cm³/mol. The maximum Gasteiger partial charge on any atom is 0.0191 e. The van der Waals surface area contributed by atoms with Crippen molar-refractivity contribution in [1.82, 2.24) is 0 Å². The molecule has 1 aromatic rings. The summed E-state index contributed by atoms with van der Waals surface area (Å²) >= 11 is 1.94. The van der Waals surface area contributed by atoms with Gasteiger partial charge in [-0.1, -0.05) is 23.8 Å². The Morgan fingerprint density at radius 1 is 1.25 bits per heavy atom. The van der Waals surface area contributed by atoms with Crippen LogP contribution in [-0.2, 0) is 0 Å². The Hall–Kier alpha value is -0.690. The largest absolute Gasteiger partial charge is 0.121 e. The molecule has 0 amide bonds. The van der Waals surface area contributed by atoms with Crippen molar-refractivity contribution < 1.29 is 0 Å². The number of rotatable bonds is 0. The zero-order valence-corrected chi connectivity index (χ0v) is 8.24. The van der Waals surface area contributed by atoms with Crippen LogP contribution in [0.5, 0.6) is 0 Å². The molecule has 1 heteroatoms. The molecule has 1 aliphatic heterocycles. The molecule has 0 N–H and O–H groups in total. The number of hydrogen-bond acceptors (Lipinski definition) is 1. The lowest BCUT2D eigenvalue weighted by Gasteiger charge is -2.14. The molecule has 1 heterocycles. The lowest BCUT2D eigenvalue weighted by atomic mass is 10.1. The minimum absolute atomic E-state index is 1.15. The van der Waals surface area contributed by atoms with Gasteiger partial charge in [0.2, 0.25) is 0 Å². The normalized spacial score (nSPS) is 15.3. The van der Waals surface area contributed by atoms with E-state index in [1.54, 1.807) is 0 Å². The summed E-state index contributed by atoms with van der Waals surface area (Å²) in [6.07, 6.45) is 2.31. The molecule has 0 aliphatic carbocycles. The highest BCUT2D eigenvalue weighted by atomic mass is 32.2. The Morgan fingerprint density at radius 3 is 2.92 bits per heavy atom. The summed E-state index contributed by atoms with van der Waals surface area (Å²) in [5.41, 5.74) is 4.28. The molecule has 62 valence electrons. The lowest BCUT2D eigenvalue weighted by Crippen LogP contribution is -1.94. The van der Waals surface area contributed by atoms with E-state index in [0.29, 0.717) is 0 Å². The van der Waals surface area contributed by atoms with E-state index in [-0.39, 0.29) is 0 Å². The average Bonchev–Trinajstić information content (AvgIpc) is 2.07. The van der Waals surface area contributed by atoms with Crippen LogP contribution in [0, 0.1) is 6.92 Å².